The monoisotopic (exact) mass is 349 g/mol. The number of halogens is 1. The number of rotatable bonds is 3. The number of carbonyl (C=O) groups is 1. The molecule has 0 saturated carbocycles. The minimum Gasteiger partial charge on any atom is -0.319 e. The first kappa shape index (κ1) is 18.1. The number of anilines is 1. The fraction of sp³-hybridized carbons (Fsp3) is 0.375. The lowest BCUT2D eigenvalue weighted by atomic mass is 10.0. The van der Waals surface area contributed by atoms with E-state index in [4.69, 9.17) is 0 Å². The molecule has 1 aliphatic rings. The van der Waals surface area contributed by atoms with E-state index >= 15 is 0 Å². The molecule has 3 rings (SSSR count). The van der Waals surface area contributed by atoms with Gasteiger partial charge in [-0.1, -0.05) is 0 Å². The van der Waals surface area contributed by atoms with Gasteiger partial charge in [-0.25, -0.2) is 9.97 Å². The summed E-state index contributed by atoms with van der Waals surface area (Å²) < 4.78 is 1.68. The van der Waals surface area contributed by atoms with Gasteiger partial charge >= 0.3 is 0 Å². The summed E-state index contributed by atoms with van der Waals surface area (Å²) in [4.78, 5) is 33.0. The number of carbonyl (C=O) groups excluding carboxylic acids is 1. The van der Waals surface area contributed by atoms with Crippen LogP contribution in [0.15, 0.2) is 35.8 Å². The Morgan fingerprint density at radius 1 is 1.29 bits per heavy atom. The van der Waals surface area contributed by atoms with E-state index in [9.17, 15) is 9.59 Å². The van der Waals surface area contributed by atoms with Crippen LogP contribution in [0.4, 0.5) is 5.69 Å². The maximum Gasteiger partial charge on any atom is 0.263 e. The third-order valence-corrected chi connectivity index (χ3v) is 4.08. The zero-order valence-electron chi connectivity index (χ0n) is 13.4. The Bertz CT molecular complexity index is 757. The summed E-state index contributed by atoms with van der Waals surface area (Å²) in [7, 11) is 0. The normalized spacial score (nSPS) is 14.7. The van der Waals surface area contributed by atoms with Crippen LogP contribution in [-0.2, 0) is 0 Å². The van der Waals surface area contributed by atoms with Gasteiger partial charge in [-0.2, -0.15) is 0 Å². The molecule has 1 fully saturated rings. The predicted octanol–water partition coefficient (Wildman–Crippen LogP) is 1.55. The van der Waals surface area contributed by atoms with Crippen molar-refractivity contribution in [2.24, 2.45) is 0 Å². The molecule has 2 aromatic rings. The molecule has 1 amide bonds. The van der Waals surface area contributed by atoms with Crippen LogP contribution in [0, 0.1) is 6.92 Å². The average Bonchev–Trinajstić information content (AvgIpc) is 2.57. The zero-order chi connectivity index (χ0) is 16.2. The number of amides is 1. The summed E-state index contributed by atoms with van der Waals surface area (Å²) in [5.74, 6) is -0.425. The van der Waals surface area contributed by atoms with Crippen LogP contribution in [0.25, 0.3) is 0 Å². The molecule has 3 heterocycles. The number of piperidine rings is 1. The zero-order valence-corrected chi connectivity index (χ0v) is 14.2. The second-order valence-electron chi connectivity index (χ2n) is 5.65. The van der Waals surface area contributed by atoms with Crippen molar-refractivity contribution in [2.45, 2.75) is 25.8 Å². The van der Waals surface area contributed by atoms with E-state index in [-0.39, 0.29) is 29.6 Å². The van der Waals surface area contributed by atoms with Gasteiger partial charge in [0.05, 0.1) is 18.1 Å². The molecule has 0 aliphatic carbocycles. The molecule has 24 heavy (non-hydrogen) atoms. The summed E-state index contributed by atoms with van der Waals surface area (Å²) in [6.45, 7) is 3.53. The van der Waals surface area contributed by atoms with Crippen LogP contribution in [0.3, 0.4) is 0 Å². The summed E-state index contributed by atoms with van der Waals surface area (Å²) >= 11 is 0. The van der Waals surface area contributed by atoms with Crippen LogP contribution in [0.2, 0.25) is 0 Å². The summed E-state index contributed by atoms with van der Waals surface area (Å²) in [5.41, 5.74) is 1.06. The van der Waals surface area contributed by atoms with E-state index in [1.54, 1.807) is 17.7 Å². The van der Waals surface area contributed by atoms with Crippen molar-refractivity contribution in [1.29, 1.82) is 0 Å². The van der Waals surface area contributed by atoms with E-state index in [0.29, 0.717) is 11.3 Å². The standard InChI is InChI=1S/C16H19N5O2.ClH/c1-11-4-7-21(13-2-5-17-6-3-13)16(23)14(11)15(22)20-12-8-18-10-19-9-12;/h4,7-10,13,17H,2-3,5-6H2,1H3,(H,20,22);1H. The highest BCUT2D eigenvalue weighted by Crippen LogP contribution is 2.17. The second kappa shape index (κ2) is 8.03. The van der Waals surface area contributed by atoms with Gasteiger partial charge in [0.2, 0.25) is 0 Å². The molecule has 1 saturated heterocycles. The van der Waals surface area contributed by atoms with Gasteiger partial charge in [-0.15, -0.1) is 12.4 Å². The van der Waals surface area contributed by atoms with Crippen LogP contribution in [-0.4, -0.2) is 33.5 Å². The lowest BCUT2D eigenvalue weighted by Gasteiger charge is -2.25. The van der Waals surface area contributed by atoms with E-state index in [1.165, 1.54) is 18.7 Å². The van der Waals surface area contributed by atoms with E-state index in [2.05, 4.69) is 20.6 Å². The predicted molar refractivity (Wildman–Crippen MR) is 93.8 cm³/mol. The van der Waals surface area contributed by atoms with Gasteiger partial charge < -0.3 is 15.2 Å². The highest BCUT2D eigenvalue weighted by atomic mass is 35.5. The molecule has 8 heteroatoms. The number of aryl methyl sites for hydroxylation is 1. The van der Waals surface area contributed by atoms with Gasteiger partial charge in [0.15, 0.2) is 0 Å². The molecule has 0 spiro atoms. The quantitative estimate of drug-likeness (QED) is 0.877. The minimum absolute atomic E-state index is 0. The molecular weight excluding hydrogens is 330 g/mol. The Labute approximate surface area is 145 Å². The first-order valence-corrected chi connectivity index (χ1v) is 7.65. The van der Waals surface area contributed by atoms with Crippen molar-refractivity contribution in [3.05, 3.63) is 52.5 Å². The smallest absolute Gasteiger partial charge is 0.263 e. The molecule has 7 nitrogen and oxygen atoms in total. The molecule has 0 atom stereocenters. The number of aromatic nitrogens is 3. The first-order valence-electron chi connectivity index (χ1n) is 7.65. The minimum atomic E-state index is -0.425. The number of hydrogen-bond donors (Lipinski definition) is 2. The molecular formula is C16H20ClN5O2. The maximum atomic E-state index is 12.8. The Kier molecular flexibility index (Phi) is 6.05. The second-order valence-corrected chi connectivity index (χ2v) is 5.65. The van der Waals surface area contributed by atoms with Crippen molar-refractivity contribution in [1.82, 2.24) is 19.9 Å². The Hall–Kier alpha value is -2.25. The SMILES string of the molecule is Cc1ccn(C2CCNCC2)c(=O)c1C(=O)Nc1cncnc1.Cl. The summed E-state index contributed by atoms with van der Waals surface area (Å²) in [6, 6.07) is 1.95. The van der Waals surface area contributed by atoms with Crippen molar-refractivity contribution in [2.75, 3.05) is 18.4 Å². The third-order valence-electron chi connectivity index (χ3n) is 4.08. The summed E-state index contributed by atoms with van der Waals surface area (Å²) in [5, 5.41) is 5.96. The van der Waals surface area contributed by atoms with Crippen LogP contribution in [0.1, 0.15) is 34.8 Å². The maximum absolute atomic E-state index is 12.8. The highest BCUT2D eigenvalue weighted by molar-refractivity contribution is 6.04. The molecule has 128 valence electrons. The molecule has 0 bridgehead atoms. The van der Waals surface area contributed by atoms with Gasteiger partial charge in [0.1, 0.15) is 11.9 Å². The van der Waals surface area contributed by atoms with Crippen LogP contribution < -0.4 is 16.2 Å². The van der Waals surface area contributed by atoms with Crippen molar-refractivity contribution >= 4 is 24.0 Å². The molecule has 0 radical (unpaired) electrons. The fourth-order valence-electron chi connectivity index (χ4n) is 2.85. The molecule has 0 aromatic carbocycles. The lowest BCUT2D eigenvalue weighted by molar-refractivity contribution is 0.102. The van der Waals surface area contributed by atoms with Crippen LogP contribution >= 0.6 is 12.4 Å². The molecule has 0 unspecified atom stereocenters. The first-order chi connectivity index (χ1) is 11.2. The van der Waals surface area contributed by atoms with Gasteiger partial charge in [-0.05, 0) is 44.5 Å². The van der Waals surface area contributed by atoms with Crippen molar-refractivity contribution in [3.63, 3.8) is 0 Å². The van der Waals surface area contributed by atoms with E-state index in [1.807, 2.05) is 6.07 Å². The van der Waals surface area contributed by atoms with Crippen molar-refractivity contribution < 1.29 is 4.79 Å². The van der Waals surface area contributed by atoms with Gasteiger partial charge in [0.25, 0.3) is 11.5 Å². The highest BCUT2D eigenvalue weighted by Gasteiger charge is 2.21. The van der Waals surface area contributed by atoms with Gasteiger partial charge in [0, 0.05) is 12.2 Å². The third kappa shape index (κ3) is 3.80. The Morgan fingerprint density at radius 2 is 1.96 bits per heavy atom. The van der Waals surface area contributed by atoms with E-state index < -0.39 is 5.91 Å². The topological polar surface area (TPSA) is 88.9 Å². The number of nitrogens with zero attached hydrogens (tertiary/aromatic N) is 3. The lowest BCUT2D eigenvalue weighted by Crippen LogP contribution is -2.37. The molecule has 1 aliphatic heterocycles. The van der Waals surface area contributed by atoms with E-state index in [0.717, 1.165) is 25.9 Å². The summed E-state index contributed by atoms with van der Waals surface area (Å²) in [6.07, 6.45) is 7.93. The number of hydrogen-bond acceptors (Lipinski definition) is 5. The number of nitrogens with one attached hydrogen (secondary N) is 2. The molecule has 2 N–H and O–H groups in total. The average molecular weight is 350 g/mol. The number of pyridine rings is 1. The van der Waals surface area contributed by atoms with Gasteiger partial charge in [-0.3, -0.25) is 9.59 Å². The van der Waals surface area contributed by atoms with Crippen LogP contribution in [0.5, 0.6) is 0 Å². The Balaban J connectivity index is 0.00000208. The largest absolute Gasteiger partial charge is 0.319 e. The molecule has 2 aromatic heterocycles. The van der Waals surface area contributed by atoms with Crippen molar-refractivity contribution in [3.8, 4) is 0 Å². The fourth-order valence-corrected chi connectivity index (χ4v) is 2.85. The Morgan fingerprint density at radius 3 is 2.62 bits per heavy atom.